The van der Waals surface area contributed by atoms with E-state index in [1.807, 2.05) is 6.07 Å². The Kier molecular flexibility index (Phi) is 6.46. The van der Waals surface area contributed by atoms with Crippen LogP contribution in [0, 0.1) is 23.2 Å². The van der Waals surface area contributed by atoms with Gasteiger partial charge in [0, 0.05) is 17.0 Å². The normalized spacial score (nSPS) is 17.0. The van der Waals surface area contributed by atoms with Crippen LogP contribution in [0.4, 0.5) is 16.3 Å². The molecule has 3 rings (SSSR count). The number of hydrogen-bond acceptors (Lipinski definition) is 7. The summed E-state index contributed by atoms with van der Waals surface area (Å²) in [6.07, 6.45) is 3.24. The summed E-state index contributed by atoms with van der Waals surface area (Å²) < 4.78 is 10.8. The fourth-order valence-corrected chi connectivity index (χ4v) is 2.77. The van der Waals surface area contributed by atoms with Gasteiger partial charge < -0.3 is 14.8 Å². The first kappa shape index (κ1) is 20.4. The molecule has 2 N–H and O–H groups in total. The van der Waals surface area contributed by atoms with Crippen LogP contribution in [0.3, 0.4) is 0 Å². The summed E-state index contributed by atoms with van der Waals surface area (Å²) in [6.45, 7) is 2.43. The number of nitrogens with one attached hydrogen (secondary N) is 2. The van der Waals surface area contributed by atoms with Crippen LogP contribution < -0.4 is 15.4 Å². The van der Waals surface area contributed by atoms with Gasteiger partial charge in [-0.15, -0.1) is 0 Å². The first-order valence-corrected chi connectivity index (χ1v) is 9.27. The van der Waals surface area contributed by atoms with Gasteiger partial charge in [-0.3, -0.25) is 10.1 Å². The molecule has 2 amide bonds. The predicted molar refractivity (Wildman–Crippen MR) is 105 cm³/mol. The molecule has 150 valence electrons. The van der Waals surface area contributed by atoms with Crippen LogP contribution in [0.2, 0.25) is 5.02 Å². The summed E-state index contributed by atoms with van der Waals surface area (Å²) in [5.74, 6) is 0.280. The second-order valence-electron chi connectivity index (χ2n) is 6.28. The molecule has 1 aliphatic rings. The number of benzene rings is 1. The van der Waals surface area contributed by atoms with Gasteiger partial charge in [-0.25, -0.2) is 14.8 Å². The fourth-order valence-electron chi connectivity index (χ4n) is 2.61. The van der Waals surface area contributed by atoms with Crippen molar-refractivity contribution in [3.05, 3.63) is 41.3 Å². The van der Waals surface area contributed by atoms with Gasteiger partial charge in [-0.2, -0.15) is 5.26 Å². The molecule has 1 aromatic carbocycles. The van der Waals surface area contributed by atoms with E-state index in [1.165, 1.54) is 12.4 Å². The molecule has 1 aromatic heterocycles. The number of carbonyl (C=O) groups excluding carboxylic acids is 2. The quantitative estimate of drug-likeness (QED) is 0.664. The Morgan fingerprint density at radius 1 is 1.31 bits per heavy atom. The minimum Gasteiger partial charge on any atom is -0.491 e. The molecule has 0 radical (unpaired) electrons. The summed E-state index contributed by atoms with van der Waals surface area (Å²) >= 11 is 6.04. The number of anilines is 2. The highest BCUT2D eigenvalue weighted by atomic mass is 35.5. The van der Waals surface area contributed by atoms with E-state index < -0.39 is 6.03 Å². The minimum absolute atomic E-state index is 0.0728. The van der Waals surface area contributed by atoms with Crippen molar-refractivity contribution < 1.29 is 19.1 Å². The summed E-state index contributed by atoms with van der Waals surface area (Å²) in [5, 5.41) is 14.3. The molecule has 29 heavy (non-hydrogen) atoms. The molecular weight excluding hydrogens is 398 g/mol. The topological polar surface area (TPSA) is 126 Å². The van der Waals surface area contributed by atoms with Gasteiger partial charge in [0.25, 0.3) is 0 Å². The van der Waals surface area contributed by atoms with Crippen LogP contribution in [0.25, 0.3) is 0 Å². The second-order valence-corrected chi connectivity index (χ2v) is 6.72. The Hall–Kier alpha value is -3.38. The SMILES string of the molecule is CCOC(=O)C1CC1COc1cc(Cl)ccc1NC(=O)Nc1cnc(C#N)cn1. The number of urea groups is 1. The molecule has 1 heterocycles. The lowest BCUT2D eigenvalue weighted by molar-refractivity contribution is -0.145. The fraction of sp³-hybridized carbons (Fsp3) is 0.316. The monoisotopic (exact) mass is 415 g/mol. The van der Waals surface area contributed by atoms with Crippen LogP contribution in [-0.4, -0.2) is 35.2 Å². The van der Waals surface area contributed by atoms with E-state index in [0.29, 0.717) is 36.1 Å². The number of ether oxygens (including phenoxy) is 2. The second kappa shape index (κ2) is 9.21. The Morgan fingerprint density at radius 3 is 2.83 bits per heavy atom. The maximum absolute atomic E-state index is 12.2. The number of esters is 1. The van der Waals surface area contributed by atoms with Crippen LogP contribution in [0.5, 0.6) is 5.75 Å². The van der Waals surface area contributed by atoms with Gasteiger partial charge >= 0.3 is 12.0 Å². The van der Waals surface area contributed by atoms with Gasteiger partial charge in [0.2, 0.25) is 0 Å². The largest absolute Gasteiger partial charge is 0.491 e. The van der Waals surface area contributed by atoms with Crippen molar-refractivity contribution in [1.29, 1.82) is 5.26 Å². The van der Waals surface area contributed by atoms with E-state index in [4.69, 9.17) is 26.3 Å². The van der Waals surface area contributed by atoms with Crippen molar-refractivity contribution >= 4 is 35.1 Å². The molecule has 0 bridgehead atoms. The van der Waals surface area contributed by atoms with Crippen molar-refractivity contribution in [3.63, 3.8) is 0 Å². The van der Waals surface area contributed by atoms with Gasteiger partial charge in [0.15, 0.2) is 11.5 Å². The average Bonchev–Trinajstić information content (AvgIpc) is 3.49. The number of rotatable bonds is 7. The minimum atomic E-state index is -0.563. The molecule has 1 saturated carbocycles. The standard InChI is InChI=1S/C19H18ClN5O4/c1-2-28-18(26)14-5-11(14)10-29-16-6-12(20)3-4-15(16)24-19(27)25-17-9-22-13(7-21)8-23-17/h3-4,6,8-9,11,14H,2,5,10H2,1H3,(H2,23,24,25,27). The lowest BCUT2D eigenvalue weighted by atomic mass is 10.3. The molecule has 2 atom stereocenters. The zero-order valence-electron chi connectivity index (χ0n) is 15.5. The smallest absolute Gasteiger partial charge is 0.324 e. The predicted octanol–water partition coefficient (Wildman–Crippen LogP) is 3.22. The van der Waals surface area contributed by atoms with Crippen LogP contribution in [0.15, 0.2) is 30.6 Å². The van der Waals surface area contributed by atoms with Crippen LogP contribution in [0.1, 0.15) is 19.0 Å². The Morgan fingerprint density at radius 2 is 2.14 bits per heavy atom. The van der Waals surface area contributed by atoms with Crippen molar-refractivity contribution in [1.82, 2.24) is 9.97 Å². The van der Waals surface area contributed by atoms with Crippen molar-refractivity contribution in [2.45, 2.75) is 13.3 Å². The molecule has 1 fully saturated rings. The van der Waals surface area contributed by atoms with Crippen molar-refractivity contribution in [2.24, 2.45) is 11.8 Å². The zero-order valence-corrected chi connectivity index (χ0v) is 16.3. The van der Waals surface area contributed by atoms with Gasteiger partial charge in [0.1, 0.15) is 11.8 Å². The maximum atomic E-state index is 12.2. The number of amides is 2. The molecule has 2 unspecified atom stereocenters. The summed E-state index contributed by atoms with van der Waals surface area (Å²) in [6, 6.07) is 6.09. The maximum Gasteiger partial charge on any atom is 0.324 e. The molecule has 2 aromatic rings. The number of halogens is 1. The third-order valence-electron chi connectivity index (χ3n) is 4.16. The van der Waals surface area contributed by atoms with E-state index in [0.717, 1.165) is 0 Å². The molecule has 0 aliphatic heterocycles. The van der Waals surface area contributed by atoms with E-state index >= 15 is 0 Å². The van der Waals surface area contributed by atoms with Crippen molar-refractivity contribution in [3.8, 4) is 11.8 Å². The lowest BCUT2D eigenvalue weighted by Gasteiger charge is -2.13. The molecule has 0 spiro atoms. The molecule has 9 nitrogen and oxygen atoms in total. The Labute approximate surface area is 172 Å². The van der Waals surface area contributed by atoms with Gasteiger partial charge in [-0.1, -0.05) is 11.6 Å². The van der Waals surface area contributed by atoms with Crippen molar-refractivity contribution in [2.75, 3.05) is 23.8 Å². The number of aromatic nitrogens is 2. The first-order valence-electron chi connectivity index (χ1n) is 8.89. The number of hydrogen-bond donors (Lipinski definition) is 2. The van der Waals surface area contributed by atoms with Gasteiger partial charge in [-0.05, 0) is 25.5 Å². The highest BCUT2D eigenvalue weighted by Gasteiger charge is 2.44. The van der Waals surface area contributed by atoms with E-state index in [2.05, 4.69) is 20.6 Å². The number of carbonyl (C=O) groups is 2. The average molecular weight is 416 g/mol. The Bertz CT molecular complexity index is 945. The number of nitrogens with zero attached hydrogens (tertiary/aromatic N) is 3. The summed E-state index contributed by atoms with van der Waals surface area (Å²) in [7, 11) is 0. The van der Waals surface area contributed by atoms with Crippen LogP contribution in [-0.2, 0) is 9.53 Å². The van der Waals surface area contributed by atoms with E-state index in [9.17, 15) is 9.59 Å². The van der Waals surface area contributed by atoms with E-state index in [-0.39, 0.29) is 29.3 Å². The summed E-state index contributed by atoms with van der Waals surface area (Å²) in [4.78, 5) is 31.7. The highest BCUT2D eigenvalue weighted by molar-refractivity contribution is 6.30. The summed E-state index contributed by atoms with van der Waals surface area (Å²) in [5.41, 5.74) is 0.549. The van der Waals surface area contributed by atoms with Crippen LogP contribution >= 0.6 is 11.6 Å². The number of nitriles is 1. The highest BCUT2D eigenvalue weighted by Crippen LogP contribution is 2.40. The molecule has 0 saturated heterocycles. The first-order chi connectivity index (χ1) is 14.0. The lowest BCUT2D eigenvalue weighted by Crippen LogP contribution is -2.21. The molecular formula is C19H18ClN5O4. The Balaban J connectivity index is 1.59. The van der Waals surface area contributed by atoms with E-state index in [1.54, 1.807) is 25.1 Å². The molecule has 1 aliphatic carbocycles. The third kappa shape index (κ3) is 5.56. The molecule has 10 heteroatoms. The zero-order chi connectivity index (χ0) is 20.8. The van der Waals surface area contributed by atoms with Gasteiger partial charge in [0.05, 0.1) is 37.2 Å². The third-order valence-corrected chi connectivity index (χ3v) is 4.40.